The molecule has 0 amide bonds. The number of pyridine rings is 1. The summed E-state index contributed by atoms with van der Waals surface area (Å²) in [5.41, 5.74) is 2.38. The number of thiazole rings is 1. The molecule has 0 aliphatic rings. The van der Waals surface area contributed by atoms with Gasteiger partial charge in [0.15, 0.2) is 0 Å². The Balaban J connectivity index is 2.36. The van der Waals surface area contributed by atoms with Crippen LogP contribution in [0.15, 0.2) is 24.5 Å². The zero-order valence-corrected chi connectivity index (χ0v) is 10.5. The highest BCUT2D eigenvalue weighted by atomic mass is 32.1. The molecule has 0 N–H and O–H groups in total. The number of nitrogens with zero attached hydrogens (tertiary/aromatic N) is 2. The van der Waals surface area contributed by atoms with E-state index in [0.717, 1.165) is 23.4 Å². The zero-order chi connectivity index (χ0) is 11.4. The second kappa shape index (κ2) is 5.21. The highest BCUT2D eigenvalue weighted by Crippen LogP contribution is 2.28. The maximum absolute atomic E-state index is 4.70. The first kappa shape index (κ1) is 11.3. The topological polar surface area (TPSA) is 25.8 Å². The van der Waals surface area contributed by atoms with Gasteiger partial charge in [0.1, 0.15) is 5.01 Å². The molecular weight excluding hydrogens is 216 g/mol. The molecule has 0 fully saturated rings. The van der Waals surface area contributed by atoms with E-state index >= 15 is 0 Å². The average Bonchev–Trinajstić information content (AvgIpc) is 2.74. The van der Waals surface area contributed by atoms with Crippen molar-refractivity contribution >= 4 is 11.3 Å². The second-order valence-corrected chi connectivity index (χ2v) is 4.82. The van der Waals surface area contributed by atoms with Crippen LogP contribution in [-0.2, 0) is 12.8 Å². The van der Waals surface area contributed by atoms with Crippen LogP contribution in [0.3, 0.4) is 0 Å². The van der Waals surface area contributed by atoms with Gasteiger partial charge in [0, 0.05) is 22.8 Å². The van der Waals surface area contributed by atoms with Gasteiger partial charge in [0.2, 0.25) is 0 Å². The Morgan fingerprint density at radius 2 is 2.19 bits per heavy atom. The number of aromatic nitrogens is 2. The average molecular weight is 232 g/mol. The van der Waals surface area contributed by atoms with Crippen LogP contribution in [0.2, 0.25) is 0 Å². The van der Waals surface area contributed by atoms with Gasteiger partial charge in [-0.05, 0) is 25.0 Å². The number of hydrogen-bond acceptors (Lipinski definition) is 3. The van der Waals surface area contributed by atoms with Crippen molar-refractivity contribution in [2.75, 3.05) is 0 Å². The first-order chi connectivity index (χ1) is 7.85. The minimum Gasteiger partial charge on any atom is -0.264 e. The molecule has 84 valence electrons. The fourth-order valence-electron chi connectivity index (χ4n) is 1.69. The summed E-state index contributed by atoms with van der Waals surface area (Å²) < 4.78 is 0. The van der Waals surface area contributed by atoms with Crippen molar-refractivity contribution in [3.05, 3.63) is 35.1 Å². The number of aryl methyl sites for hydroxylation is 2. The molecule has 2 heterocycles. The van der Waals surface area contributed by atoms with Crippen molar-refractivity contribution in [1.82, 2.24) is 9.97 Å². The summed E-state index contributed by atoms with van der Waals surface area (Å²) in [7, 11) is 0. The largest absolute Gasteiger partial charge is 0.264 e. The fourth-order valence-corrected chi connectivity index (χ4v) is 2.94. The smallest absolute Gasteiger partial charge is 0.125 e. The van der Waals surface area contributed by atoms with Gasteiger partial charge < -0.3 is 0 Å². The minimum atomic E-state index is 1.02. The molecule has 2 aromatic heterocycles. The van der Waals surface area contributed by atoms with E-state index < -0.39 is 0 Å². The van der Waals surface area contributed by atoms with E-state index in [0.29, 0.717) is 0 Å². The fraction of sp³-hybridized carbons (Fsp3) is 0.385. The SMILES string of the molecule is CCCc1sc(-c2cccnc2)nc1CC. The minimum absolute atomic E-state index is 1.02. The molecule has 0 spiro atoms. The molecule has 16 heavy (non-hydrogen) atoms. The summed E-state index contributed by atoms with van der Waals surface area (Å²) in [4.78, 5) is 10.3. The van der Waals surface area contributed by atoms with E-state index in [1.807, 2.05) is 23.6 Å². The van der Waals surface area contributed by atoms with Crippen molar-refractivity contribution in [3.8, 4) is 10.6 Å². The van der Waals surface area contributed by atoms with Gasteiger partial charge in [0.25, 0.3) is 0 Å². The van der Waals surface area contributed by atoms with Crippen LogP contribution in [0.1, 0.15) is 30.8 Å². The quantitative estimate of drug-likeness (QED) is 0.803. The first-order valence-corrected chi connectivity index (χ1v) is 6.55. The van der Waals surface area contributed by atoms with E-state index in [9.17, 15) is 0 Å². The maximum Gasteiger partial charge on any atom is 0.125 e. The van der Waals surface area contributed by atoms with Gasteiger partial charge >= 0.3 is 0 Å². The van der Waals surface area contributed by atoms with Crippen LogP contribution < -0.4 is 0 Å². The van der Waals surface area contributed by atoms with Gasteiger partial charge in [-0.25, -0.2) is 4.98 Å². The van der Waals surface area contributed by atoms with Crippen molar-refractivity contribution in [2.45, 2.75) is 33.1 Å². The van der Waals surface area contributed by atoms with Gasteiger partial charge in [-0.15, -0.1) is 11.3 Å². The van der Waals surface area contributed by atoms with E-state index in [-0.39, 0.29) is 0 Å². The van der Waals surface area contributed by atoms with E-state index in [2.05, 4.69) is 24.9 Å². The van der Waals surface area contributed by atoms with E-state index in [1.54, 1.807) is 6.20 Å². The molecule has 0 saturated heterocycles. The summed E-state index contributed by atoms with van der Waals surface area (Å²) in [6.45, 7) is 4.38. The summed E-state index contributed by atoms with van der Waals surface area (Å²) in [5, 5.41) is 1.11. The van der Waals surface area contributed by atoms with Crippen LogP contribution in [0, 0.1) is 0 Å². The lowest BCUT2D eigenvalue weighted by Gasteiger charge is -1.94. The summed E-state index contributed by atoms with van der Waals surface area (Å²) in [6.07, 6.45) is 7.02. The Labute approximate surface area is 100 Å². The highest BCUT2D eigenvalue weighted by Gasteiger charge is 2.10. The van der Waals surface area contributed by atoms with Crippen LogP contribution in [-0.4, -0.2) is 9.97 Å². The predicted molar refractivity (Wildman–Crippen MR) is 68.7 cm³/mol. The molecule has 2 nitrogen and oxygen atoms in total. The first-order valence-electron chi connectivity index (χ1n) is 5.74. The Kier molecular flexibility index (Phi) is 3.67. The third-order valence-corrected chi connectivity index (χ3v) is 3.71. The lowest BCUT2D eigenvalue weighted by Crippen LogP contribution is -1.87. The molecule has 0 radical (unpaired) electrons. The summed E-state index contributed by atoms with van der Waals surface area (Å²) >= 11 is 1.81. The standard InChI is InChI=1S/C13H16N2S/c1-3-6-12-11(4-2)15-13(16-12)10-7-5-8-14-9-10/h5,7-9H,3-4,6H2,1-2H3. The van der Waals surface area contributed by atoms with Crippen LogP contribution in [0.5, 0.6) is 0 Å². The maximum atomic E-state index is 4.70. The van der Waals surface area contributed by atoms with Crippen LogP contribution >= 0.6 is 11.3 Å². The zero-order valence-electron chi connectivity index (χ0n) is 9.73. The highest BCUT2D eigenvalue weighted by molar-refractivity contribution is 7.15. The molecule has 0 atom stereocenters. The molecule has 2 rings (SSSR count). The number of hydrogen-bond donors (Lipinski definition) is 0. The molecule has 0 bridgehead atoms. The predicted octanol–water partition coefficient (Wildman–Crippen LogP) is 3.72. The second-order valence-electron chi connectivity index (χ2n) is 3.73. The van der Waals surface area contributed by atoms with Crippen molar-refractivity contribution in [2.24, 2.45) is 0 Å². The molecular formula is C13H16N2S. The third kappa shape index (κ3) is 2.30. The van der Waals surface area contributed by atoms with Crippen molar-refractivity contribution < 1.29 is 0 Å². The van der Waals surface area contributed by atoms with Crippen molar-refractivity contribution in [3.63, 3.8) is 0 Å². The number of rotatable bonds is 4. The Morgan fingerprint density at radius 1 is 1.31 bits per heavy atom. The Hall–Kier alpha value is -1.22. The normalized spacial score (nSPS) is 10.6. The van der Waals surface area contributed by atoms with E-state index in [1.165, 1.54) is 17.0 Å². The summed E-state index contributed by atoms with van der Waals surface area (Å²) in [6, 6.07) is 4.03. The Bertz CT molecular complexity index is 448. The molecule has 0 aromatic carbocycles. The summed E-state index contributed by atoms with van der Waals surface area (Å²) in [5.74, 6) is 0. The molecule has 0 aliphatic carbocycles. The molecule has 2 aromatic rings. The van der Waals surface area contributed by atoms with Crippen molar-refractivity contribution in [1.29, 1.82) is 0 Å². The third-order valence-electron chi connectivity index (χ3n) is 2.50. The van der Waals surface area contributed by atoms with Gasteiger partial charge in [0.05, 0.1) is 5.69 Å². The van der Waals surface area contributed by atoms with E-state index in [4.69, 9.17) is 4.98 Å². The molecule has 3 heteroatoms. The molecule has 0 aliphatic heterocycles. The van der Waals surface area contributed by atoms with Gasteiger partial charge in [-0.2, -0.15) is 0 Å². The van der Waals surface area contributed by atoms with Gasteiger partial charge in [-0.1, -0.05) is 20.3 Å². The Morgan fingerprint density at radius 3 is 2.81 bits per heavy atom. The molecule has 0 saturated carbocycles. The lowest BCUT2D eigenvalue weighted by atomic mass is 10.2. The lowest BCUT2D eigenvalue weighted by molar-refractivity contribution is 0.906. The van der Waals surface area contributed by atoms with Gasteiger partial charge in [-0.3, -0.25) is 4.98 Å². The molecule has 0 unspecified atom stereocenters. The monoisotopic (exact) mass is 232 g/mol. The van der Waals surface area contributed by atoms with Crippen LogP contribution in [0.4, 0.5) is 0 Å². The van der Waals surface area contributed by atoms with Crippen LogP contribution in [0.25, 0.3) is 10.6 Å².